The second kappa shape index (κ2) is 3.13. The number of hydrogen-bond acceptors (Lipinski definition) is 1. The van der Waals surface area contributed by atoms with Gasteiger partial charge in [0.05, 0.1) is 0 Å². The fourth-order valence-electron chi connectivity index (χ4n) is 3.48. The third-order valence-electron chi connectivity index (χ3n) is 4.09. The smallest absolute Gasteiger partial charge is 0.0285 e. The number of fused-ring (bicyclic) bond motifs is 3. The molecule has 1 nitrogen and oxygen atoms in total. The molecule has 0 radical (unpaired) electrons. The molecule has 72 valence electrons. The Morgan fingerprint density at radius 1 is 1.08 bits per heavy atom. The average Bonchev–Trinajstić information content (AvgIpc) is 2.56. The lowest BCUT2D eigenvalue weighted by Gasteiger charge is -2.25. The molecule has 0 aromatic heterocycles. The van der Waals surface area contributed by atoms with E-state index >= 15 is 0 Å². The normalized spacial score (nSPS) is 43.7. The maximum absolute atomic E-state index is 3.83. The highest BCUT2D eigenvalue weighted by atomic mass is 15.0. The first kappa shape index (κ1) is 8.05. The highest BCUT2D eigenvalue weighted by Gasteiger charge is 2.39. The molecule has 1 aliphatic heterocycles. The van der Waals surface area contributed by atoms with Crippen molar-refractivity contribution < 1.29 is 0 Å². The van der Waals surface area contributed by atoms with Crippen LogP contribution in [0.5, 0.6) is 0 Å². The van der Waals surface area contributed by atoms with Gasteiger partial charge in [0.25, 0.3) is 0 Å². The van der Waals surface area contributed by atoms with Gasteiger partial charge in [-0.25, -0.2) is 0 Å². The summed E-state index contributed by atoms with van der Waals surface area (Å²) in [5.74, 6) is 0.930. The van der Waals surface area contributed by atoms with Crippen molar-refractivity contribution in [3.8, 4) is 0 Å². The van der Waals surface area contributed by atoms with Gasteiger partial charge in [-0.15, -0.1) is 0 Å². The number of nitrogens with one attached hydrogen (secondary N) is 1. The van der Waals surface area contributed by atoms with E-state index in [9.17, 15) is 0 Å². The van der Waals surface area contributed by atoms with Crippen LogP contribution in [0.1, 0.15) is 44.9 Å². The monoisotopic (exact) mass is 177 g/mol. The van der Waals surface area contributed by atoms with Gasteiger partial charge in [0.2, 0.25) is 0 Å². The van der Waals surface area contributed by atoms with Crippen molar-refractivity contribution in [3.63, 3.8) is 0 Å². The molecule has 0 amide bonds. The van der Waals surface area contributed by atoms with Crippen LogP contribution in [0.2, 0.25) is 0 Å². The van der Waals surface area contributed by atoms with Crippen LogP contribution in [0, 0.1) is 5.92 Å². The summed E-state index contributed by atoms with van der Waals surface area (Å²) in [6, 6.07) is 1.63. The van der Waals surface area contributed by atoms with Crippen molar-refractivity contribution in [2.24, 2.45) is 5.92 Å². The molecule has 1 N–H and O–H groups in total. The minimum Gasteiger partial charge on any atom is -0.307 e. The maximum atomic E-state index is 3.83. The molecular weight excluding hydrogens is 158 g/mol. The SMILES string of the molecule is C1=C2C(CCC1)NC1CCCCC21. The highest BCUT2D eigenvalue weighted by molar-refractivity contribution is 5.25. The predicted octanol–water partition coefficient (Wildman–Crippen LogP) is 2.63. The van der Waals surface area contributed by atoms with E-state index in [2.05, 4.69) is 11.4 Å². The van der Waals surface area contributed by atoms with Crippen LogP contribution in [0.3, 0.4) is 0 Å². The van der Waals surface area contributed by atoms with Crippen LogP contribution < -0.4 is 5.32 Å². The molecule has 0 aromatic rings. The summed E-state index contributed by atoms with van der Waals surface area (Å²) < 4.78 is 0. The van der Waals surface area contributed by atoms with Crippen molar-refractivity contribution >= 4 is 0 Å². The van der Waals surface area contributed by atoms with Crippen molar-refractivity contribution in [2.45, 2.75) is 57.0 Å². The zero-order valence-electron chi connectivity index (χ0n) is 8.26. The first-order chi connectivity index (χ1) is 6.45. The molecule has 13 heavy (non-hydrogen) atoms. The van der Waals surface area contributed by atoms with Crippen LogP contribution in [0.15, 0.2) is 11.6 Å². The Labute approximate surface area is 80.6 Å². The molecule has 2 aliphatic carbocycles. The van der Waals surface area contributed by atoms with E-state index in [0.29, 0.717) is 0 Å². The Hall–Kier alpha value is -0.300. The lowest BCUT2D eigenvalue weighted by molar-refractivity contribution is 0.345. The Morgan fingerprint density at radius 2 is 2.00 bits per heavy atom. The fraction of sp³-hybridized carbons (Fsp3) is 0.833. The lowest BCUT2D eigenvalue weighted by atomic mass is 9.80. The third-order valence-corrected chi connectivity index (χ3v) is 4.09. The van der Waals surface area contributed by atoms with Crippen LogP contribution in [0.4, 0.5) is 0 Å². The standard InChI is InChI=1S/C12H19N/c1-3-7-11-9(5-1)10-6-2-4-8-12(10)13-11/h5,10-13H,1-4,6-8H2. The van der Waals surface area contributed by atoms with Gasteiger partial charge in [-0.05, 0) is 38.0 Å². The predicted molar refractivity (Wildman–Crippen MR) is 54.6 cm³/mol. The van der Waals surface area contributed by atoms with E-state index in [1.807, 2.05) is 0 Å². The van der Waals surface area contributed by atoms with Crippen LogP contribution in [-0.4, -0.2) is 12.1 Å². The minimum absolute atomic E-state index is 0.779. The van der Waals surface area contributed by atoms with Gasteiger partial charge in [0.15, 0.2) is 0 Å². The van der Waals surface area contributed by atoms with Gasteiger partial charge in [-0.1, -0.05) is 24.5 Å². The molecule has 2 fully saturated rings. The second-order valence-corrected chi connectivity index (χ2v) is 4.85. The average molecular weight is 177 g/mol. The summed E-state index contributed by atoms with van der Waals surface area (Å²) in [5, 5.41) is 3.83. The molecule has 1 heterocycles. The summed E-state index contributed by atoms with van der Waals surface area (Å²) in [6.07, 6.45) is 12.5. The van der Waals surface area contributed by atoms with Crippen molar-refractivity contribution in [1.82, 2.24) is 5.32 Å². The van der Waals surface area contributed by atoms with Crippen molar-refractivity contribution in [3.05, 3.63) is 11.6 Å². The van der Waals surface area contributed by atoms with E-state index in [-0.39, 0.29) is 0 Å². The summed E-state index contributed by atoms with van der Waals surface area (Å²) in [6.45, 7) is 0. The first-order valence-corrected chi connectivity index (χ1v) is 5.91. The van der Waals surface area contributed by atoms with Crippen LogP contribution >= 0.6 is 0 Å². The summed E-state index contributed by atoms with van der Waals surface area (Å²) in [4.78, 5) is 0. The molecule has 3 unspecified atom stereocenters. The molecule has 0 bridgehead atoms. The maximum Gasteiger partial charge on any atom is 0.0285 e. The lowest BCUT2D eigenvalue weighted by Crippen LogP contribution is -2.33. The van der Waals surface area contributed by atoms with Gasteiger partial charge >= 0.3 is 0 Å². The molecule has 0 aromatic carbocycles. The Morgan fingerprint density at radius 3 is 3.00 bits per heavy atom. The van der Waals surface area contributed by atoms with Crippen LogP contribution in [-0.2, 0) is 0 Å². The van der Waals surface area contributed by atoms with E-state index in [1.54, 1.807) is 5.57 Å². The molecular formula is C12H19N. The summed E-state index contributed by atoms with van der Waals surface area (Å²) in [5.41, 5.74) is 1.79. The number of rotatable bonds is 0. The molecule has 1 saturated heterocycles. The van der Waals surface area contributed by atoms with E-state index in [1.165, 1.54) is 44.9 Å². The Balaban J connectivity index is 1.86. The van der Waals surface area contributed by atoms with Gasteiger partial charge in [-0.3, -0.25) is 0 Å². The van der Waals surface area contributed by atoms with Gasteiger partial charge in [0, 0.05) is 12.1 Å². The van der Waals surface area contributed by atoms with Crippen molar-refractivity contribution in [1.29, 1.82) is 0 Å². The van der Waals surface area contributed by atoms with E-state index in [0.717, 1.165) is 18.0 Å². The topological polar surface area (TPSA) is 12.0 Å². The molecule has 1 saturated carbocycles. The van der Waals surface area contributed by atoms with Crippen molar-refractivity contribution in [2.75, 3.05) is 0 Å². The van der Waals surface area contributed by atoms with E-state index in [4.69, 9.17) is 0 Å². The van der Waals surface area contributed by atoms with E-state index < -0.39 is 0 Å². The molecule has 1 heteroatoms. The third kappa shape index (κ3) is 1.25. The zero-order valence-corrected chi connectivity index (χ0v) is 8.26. The molecule has 3 rings (SSSR count). The Bertz CT molecular complexity index is 231. The zero-order chi connectivity index (χ0) is 8.67. The fourth-order valence-corrected chi connectivity index (χ4v) is 3.48. The summed E-state index contributed by atoms with van der Waals surface area (Å²) in [7, 11) is 0. The van der Waals surface area contributed by atoms with Gasteiger partial charge in [0.1, 0.15) is 0 Å². The summed E-state index contributed by atoms with van der Waals surface area (Å²) >= 11 is 0. The first-order valence-electron chi connectivity index (χ1n) is 5.91. The largest absolute Gasteiger partial charge is 0.307 e. The van der Waals surface area contributed by atoms with Gasteiger partial charge < -0.3 is 5.32 Å². The second-order valence-electron chi connectivity index (χ2n) is 4.85. The van der Waals surface area contributed by atoms with Crippen LogP contribution in [0.25, 0.3) is 0 Å². The molecule has 3 atom stereocenters. The molecule has 3 aliphatic rings. The highest BCUT2D eigenvalue weighted by Crippen LogP contribution is 2.40. The minimum atomic E-state index is 0.779. The molecule has 0 spiro atoms. The number of hydrogen-bond donors (Lipinski definition) is 1. The number of allylic oxidation sites excluding steroid dienone is 1. The quantitative estimate of drug-likeness (QED) is 0.561. The van der Waals surface area contributed by atoms with Gasteiger partial charge in [-0.2, -0.15) is 0 Å². The Kier molecular flexibility index (Phi) is 1.93.